The molecule has 1 aromatic carbocycles. The molecule has 0 spiro atoms. The van der Waals surface area contributed by atoms with E-state index in [9.17, 15) is 14.4 Å². The summed E-state index contributed by atoms with van der Waals surface area (Å²) in [5.41, 5.74) is 1.50. The Labute approximate surface area is 123 Å². The van der Waals surface area contributed by atoms with Crippen molar-refractivity contribution in [1.82, 2.24) is 0 Å². The first-order valence-electron chi connectivity index (χ1n) is 7.10. The third-order valence-corrected chi connectivity index (χ3v) is 3.54. The Balaban J connectivity index is 2.20. The van der Waals surface area contributed by atoms with Gasteiger partial charge in [-0.05, 0) is 37.8 Å². The molecule has 0 saturated heterocycles. The van der Waals surface area contributed by atoms with Crippen molar-refractivity contribution in [2.75, 3.05) is 5.32 Å². The maximum Gasteiger partial charge on any atom is 0.340 e. The maximum absolute atomic E-state index is 12.3. The summed E-state index contributed by atoms with van der Waals surface area (Å²) in [7, 11) is 0. The predicted octanol–water partition coefficient (Wildman–Crippen LogP) is 2.62. The number of benzene rings is 1. The Bertz CT molecular complexity index is 580. The molecule has 0 radical (unpaired) electrons. The van der Waals surface area contributed by atoms with Crippen LogP contribution in [0.4, 0.5) is 5.69 Å². The number of ether oxygens (including phenoxy) is 1. The summed E-state index contributed by atoms with van der Waals surface area (Å²) in [5.74, 6) is -0.849. The van der Waals surface area contributed by atoms with Gasteiger partial charge in [0.25, 0.3) is 0 Å². The number of rotatable bonds is 3. The number of para-hydroxylation sites is 1. The van der Waals surface area contributed by atoms with Crippen LogP contribution in [0.1, 0.15) is 48.5 Å². The van der Waals surface area contributed by atoms with Crippen molar-refractivity contribution in [2.24, 2.45) is 0 Å². The molecule has 1 fully saturated rings. The van der Waals surface area contributed by atoms with Gasteiger partial charge < -0.3 is 10.1 Å². The van der Waals surface area contributed by atoms with Crippen LogP contribution in [0.15, 0.2) is 18.2 Å². The minimum Gasteiger partial charge on any atom is -0.451 e. The van der Waals surface area contributed by atoms with Crippen LogP contribution in [0.2, 0.25) is 0 Å². The maximum atomic E-state index is 12.3. The number of nitrogens with one attached hydrogen (secondary N) is 1. The van der Waals surface area contributed by atoms with Crippen molar-refractivity contribution in [3.8, 4) is 0 Å². The second kappa shape index (κ2) is 6.52. The zero-order valence-corrected chi connectivity index (χ0v) is 12.3. The number of ketones is 1. The molecule has 0 aliphatic heterocycles. The Hall–Kier alpha value is -2.17. The van der Waals surface area contributed by atoms with Gasteiger partial charge in [0.1, 0.15) is 0 Å². The molecular formula is C16H19NO4. The van der Waals surface area contributed by atoms with Gasteiger partial charge in [0.15, 0.2) is 11.9 Å². The SMILES string of the molecule is CC(=O)Nc1c(C)cccc1C(=O)OC1CCCCC1=O. The van der Waals surface area contributed by atoms with Gasteiger partial charge in [-0.3, -0.25) is 9.59 Å². The quantitative estimate of drug-likeness (QED) is 0.868. The lowest BCUT2D eigenvalue weighted by Gasteiger charge is -2.21. The van der Waals surface area contributed by atoms with E-state index in [1.807, 2.05) is 0 Å². The van der Waals surface area contributed by atoms with E-state index in [1.54, 1.807) is 25.1 Å². The van der Waals surface area contributed by atoms with Gasteiger partial charge in [0.2, 0.25) is 5.91 Å². The van der Waals surface area contributed by atoms with E-state index in [4.69, 9.17) is 4.74 Å². The fourth-order valence-corrected chi connectivity index (χ4v) is 2.45. The lowest BCUT2D eigenvalue weighted by molar-refractivity contribution is -0.130. The minimum atomic E-state index is -0.656. The molecule has 1 aliphatic carbocycles. The third kappa shape index (κ3) is 3.68. The van der Waals surface area contributed by atoms with Crippen molar-refractivity contribution >= 4 is 23.3 Å². The second-order valence-corrected chi connectivity index (χ2v) is 5.28. The molecule has 1 unspecified atom stereocenters. The number of hydrogen-bond acceptors (Lipinski definition) is 4. The Morgan fingerprint density at radius 3 is 2.71 bits per heavy atom. The molecule has 1 atom stereocenters. The standard InChI is InChI=1S/C16H19NO4/c1-10-6-5-7-12(15(10)17-11(2)18)16(20)21-14-9-4-3-8-13(14)19/h5-7,14H,3-4,8-9H2,1-2H3,(H,17,18). The number of anilines is 1. The number of aryl methyl sites for hydroxylation is 1. The summed E-state index contributed by atoms with van der Waals surface area (Å²) in [5, 5.41) is 2.65. The first kappa shape index (κ1) is 15.2. The first-order valence-corrected chi connectivity index (χ1v) is 7.10. The highest BCUT2D eigenvalue weighted by Crippen LogP contribution is 2.24. The fourth-order valence-electron chi connectivity index (χ4n) is 2.45. The zero-order valence-electron chi connectivity index (χ0n) is 12.3. The highest BCUT2D eigenvalue weighted by Gasteiger charge is 2.27. The van der Waals surface area contributed by atoms with E-state index in [-0.39, 0.29) is 17.3 Å². The highest BCUT2D eigenvalue weighted by molar-refractivity contribution is 6.02. The Morgan fingerprint density at radius 2 is 2.05 bits per heavy atom. The van der Waals surface area contributed by atoms with E-state index >= 15 is 0 Å². The number of Topliss-reactive ketones (excluding diaryl/α,β-unsaturated/α-hetero) is 1. The zero-order chi connectivity index (χ0) is 15.4. The summed E-state index contributed by atoms with van der Waals surface area (Å²) in [6.07, 6.45) is 2.12. The van der Waals surface area contributed by atoms with E-state index < -0.39 is 12.1 Å². The van der Waals surface area contributed by atoms with Crippen LogP contribution in [0.25, 0.3) is 0 Å². The van der Waals surface area contributed by atoms with E-state index in [2.05, 4.69) is 5.32 Å². The second-order valence-electron chi connectivity index (χ2n) is 5.28. The molecule has 5 heteroatoms. The van der Waals surface area contributed by atoms with Gasteiger partial charge in [-0.15, -0.1) is 0 Å². The van der Waals surface area contributed by atoms with E-state index in [0.29, 0.717) is 18.5 Å². The van der Waals surface area contributed by atoms with Crippen LogP contribution in [-0.2, 0) is 14.3 Å². The molecule has 1 aromatic rings. The Morgan fingerprint density at radius 1 is 1.29 bits per heavy atom. The first-order chi connectivity index (χ1) is 9.99. The predicted molar refractivity (Wildman–Crippen MR) is 78.2 cm³/mol. The smallest absolute Gasteiger partial charge is 0.340 e. The molecule has 1 N–H and O–H groups in total. The molecule has 21 heavy (non-hydrogen) atoms. The largest absolute Gasteiger partial charge is 0.451 e. The van der Waals surface area contributed by atoms with Crippen molar-refractivity contribution in [3.63, 3.8) is 0 Å². The lowest BCUT2D eigenvalue weighted by atomic mass is 9.96. The van der Waals surface area contributed by atoms with Crippen molar-refractivity contribution in [2.45, 2.75) is 45.6 Å². The molecule has 1 aliphatic rings. The summed E-state index contributed by atoms with van der Waals surface area (Å²) in [6.45, 7) is 3.18. The molecule has 112 valence electrons. The normalized spacial score (nSPS) is 18.2. The van der Waals surface area contributed by atoms with Gasteiger partial charge in [0, 0.05) is 13.3 Å². The van der Waals surface area contributed by atoms with Gasteiger partial charge in [-0.1, -0.05) is 12.1 Å². The topological polar surface area (TPSA) is 72.5 Å². The van der Waals surface area contributed by atoms with Gasteiger partial charge >= 0.3 is 5.97 Å². The fraction of sp³-hybridized carbons (Fsp3) is 0.438. The molecule has 5 nitrogen and oxygen atoms in total. The van der Waals surface area contributed by atoms with Crippen LogP contribution in [0.5, 0.6) is 0 Å². The molecule has 2 rings (SSSR count). The average Bonchev–Trinajstić information content (AvgIpc) is 2.43. The summed E-state index contributed by atoms with van der Waals surface area (Å²) >= 11 is 0. The third-order valence-electron chi connectivity index (χ3n) is 3.54. The Kier molecular flexibility index (Phi) is 4.73. The molecule has 1 saturated carbocycles. The summed E-state index contributed by atoms with van der Waals surface area (Å²) in [4.78, 5) is 35.3. The van der Waals surface area contributed by atoms with Crippen molar-refractivity contribution < 1.29 is 19.1 Å². The van der Waals surface area contributed by atoms with Crippen LogP contribution in [0.3, 0.4) is 0 Å². The molecule has 0 bridgehead atoms. The van der Waals surface area contributed by atoms with Gasteiger partial charge in [-0.25, -0.2) is 4.79 Å². The van der Waals surface area contributed by atoms with Crippen LogP contribution >= 0.6 is 0 Å². The van der Waals surface area contributed by atoms with Crippen LogP contribution < -0.4 is 5.32 Å². The molecule has 1 amide bonds. The molecule has 0 heterocycles. The highest BCUT2D eigenvalue weighted by atomic mass is 16.5. The number of hydrogen-bond donors (Lipinski definition) is 1. The summed E-state index contributed by atoms with van der Waals surface area (Å²) in [6, 6.07) is 5.11. The van der Waals surface area contributed by atoms with Crippen molar-refractivity contribution in [1.29, 1.82) is 0 Å². The number of esters is 1. The lowest BCUT2D eigenvalue weighted by Crippen LogP contribution is -2.30. The number of carbonyl (C=O) groups excluding carboxylic acids is 3. The van der Waals surface area contributed by atoms with Gasteiger partial charge in [-0.2, -0.15) is 0 Å². The van der Waals surface area contributed by atoms with Crippen LogP contribution in [-0.4, -0.2) is 23.8 Å². The van der Waals surface area contributed by atoms with Gasteiger partial charge in [0.05, 0.1) is 11.3 Å². The number of carbonyl (C=O) groups is 3. The molecule has 0 aromatic heterocycles. The number of amides is 1. The summed E-state index contributed by atoms with van der Waals surface area (Å²) < 4.78 is 5.33. The average molecular weight is 289 g/mol. The van der Waals surface area contributed by atoms with Crippen molar-refractivity contribution in [3.05, 3.63) is 29.3 Å². The molecular weight excluding hydrogens is 270 g/mol. The van der Waals surface area contributed by atoms with Crippen LogP contribution in [0, 0.1) is 6.92 Å². The monoisotopic (exact) mass is 289 g/mol. The minimum absolute atomic E-state index is 0.0247. The van der Waals surface area contributed by atoms with E-state index in [0.717, 1.165) is 18.4 Å². The van der Waals surface area contributed by atoms with E-state index in [1.165, 1.54) is 6.92 Å².